The molecule has 4 rings (SSSR count). The van der Waals surface area contributed by atoms with Crippen molar-refractivity contribution in [2.24, 2.45) is 5.92 Å². The van der Waals surface area contributed by atoms with Crippen LogP contribution in [0.25, 0.3) is 0 Å². The molecule has 1 amide bonds. The molecule has 1 aliphatic carbocycles. The van der Waals surface area contributed by atoms with Crippen LogP contribution in [0.4, 0.5) is 32.0 Å². The minimum absolute atomic E-state index is 0.00819. The molecule has 2 aliphatic rings. The monoisotopic (exact) mass is 476 g/mol. The number of halogens is 7. The zero-order valence-electron chi connectivity index (χ0n) is 16.7. The topological polar surface area (TPSA) is 23.6 Å². The molecule has 1 aliphatic heterocycles. The molecule has 1 unspecified atom stereocenters. The van der Waals surface area contributed by atoms with Crippen molar-refractivity contribution in [2.75, 3.05) is 31.1 Å². The summed E-state index contributed by atoms with van der Waals surface area (Å²) in [7, 11) is 0. The quantitative estimate of drug-likeness (QED) is 0.520. The molecule has 2 atom stereocenters. The van der Waals surface area contributed by atoms with Crippen molar-refractivity contribution < 1.29 is 31.1 Å². The molecule has 10 heteroatoms. The van der Waals surface area contributed by atoms with Gasteiger partial charge < -0.3 is 9.80 Å². The number of rotatable bonds is 3. The van der Waals surface area contributed by atoms with Crippen LogP contribution >= 0.6 is 11.6 Å². The molecule has 0 spiro atoms. The summed E-state index contributed by atoms with van der Waals surface area (Å²) in [5.41, 5.74) is -0.832. The number of carbonyl (C=O) groups is 1. The van der Waals surface area contributed by atoms with Crippen molar-refractivity contribution in [1.29, 1.82) is 0 Å². The minimum atomic E-state index is -4.52. The summed E-state index contributed by atoms with van der Waals surface area (Å²) in [5.74, 6) is -0.556. The third-order valence-corrected chi connectivity index (χ3v) is 6.21. The minimum Gasteiger partial charge on any atom is -0.367 e. The standard InChI is InChI=1S/C22H19ClF6N2O/c23-15-5-6-18(22(27,28)29)19(11-15)30-7-9-31(10-8-30)20(32)17-12-16(17)13-1-3-14(4-2-13)21(24,25)26/h1-6,11,16-17H,7-10,12H2/t16?,17-/m0/s1. The fourth-order valence-corrected chi connectivity index (χ4v) is 4.33. The fraction of sp³-hybridized carbons (Fsp3) is 0.409. The largest absolute Gasteiger partial charge is 0.418 e. The predicted octanol–water partition coefficient (Wildman–Crippen LogP) is 5.83. The van der Waals surface area contributed by atoms with Crippen LogP contribution in [0.5, 0.6) is 0 Å². The van der Waals surface area contributed by atoms with E-state index in [9.17, 15) is 31.1 Å². The first-order chi connectivity index (χ1) is 14.9. The SMILES string of the molecule is O=C([C@H]1CC1c1ccc(C(F)(F)F)cc1)N1CCN(c2cc(Cl)ccc2C(F)(F)F)CC1. The van der Waals surface area contributed by atoms with Crippen molar-refractivity contribution in [2.45, 2.75) is 24.7 Å². The second-order valence-corrected chi connectivity index (χ2v) is 8.48. The van der Waals surface area contributed by atoms with E-state index in [4.69, 9.17) is 11.6 Å². The number of nitrogens with zero attached hydrogens (tertiary/aromatic N) is 2. The lowest BCUT2D eigenvalue weighted by molar-refractivity contribution is -0.138. The number of amides is 1. The molecule has 32 heavy (non-hydrogen) atoms. The van der Waals surface area contributed by atoms with Gasteiger partial charge in [-0.3, -0.25) is 4.79 Å². The first kappa shape index (κ1) is 22.8. The van der Waals surface area contributed by atoms with Gasteiger partial charge in [-0.1, -0.05) is 23.7 Å². The molecule has 1 saturated heterocycles. The average molecular weight is 477 g/mol. The Bertz CT molecular complexity index is 997. The van der Waals surface area contributed by atoms with E-state index in [0.717, 1.165) is 18.2 Å². The number of alkyl halides is 6. The van der Waals surface area contributed by atoms with Gasteiger partial charge in [0, 0.05) is 37.1 Å². The van der Waals surface area contributed by atoms with Gasteiger partial charge in [-0.15, -0.1) is 0 Å². The lowest BCUT2D eigenvalue weighted by Crippen LogP contribution is -2.49. The van der Waals surface area contributed by atoms with Gasteiger partial charge in [0.15, 0.2) is 0 Å². The second-order valence-electron chi connectivity index (χ2n) is 8.04. The van der Waals surface area contributed by atoms with Gasteiger partial charge in [0.05, 0.1) is 16.8 Å². The highest BCUT2D eigenvalue weighted by molar-refractivity contribution is 6.30. The third kappa shape index (κ3) is 4.67. The van der Waals surface area contributed by atoms with Crippen molar-refractivity contribution >= 4 is 23.2 Å². The maximum atomic E-state index is 13.4. The first-order valence-electron chi connectivity index (χ1n) is 10.0. The number of anilines is 1. The smallest absolute Gasteiger partial charge is 0.367 e. The summed E-state index contributed by atoms with van der Waals surface area (Å²) in [6.07, 6.45) is -8.38. The highest BCUT2D eigenvalue weighted by atomic mass is 35.5. The van der Waals surface area contributed by atoms with Crippen LogP contribution < -0.4 is 4.90 Å². The Morgan fingerprint density at radius 2 is 1.50 bits per heavy atom. The Morgan fingerprint density at radius 3 is 2.06 bits per heavy atom. The van der Waals surface area contributed by atoms with Crippen LogP contribution in [-0.4, -0.2) is 37.0 Å². The van der Waals surface area contributed by atoms with E-state index < -0.39 is 23.5 Å². The van der Waals surface area contributed by atoms with Crippen LogP contribution in [-0.2, 0) is 17.1 Å². The van der Waals surface area contributed by atoms with Crippen molar-refractivity contribution in [3.63, 3.8) is 0 Å². The second kappa shape index (κ2) is 8.17. The first-order valence-corrected chi connectivity index (χ1v) is 10.4. The maximum absolute atomic E-state index is 13.4. The molecular weight excluding hydrogens is 458 g/mol. The van der Waals surface area contributed by atoms with Crippen LogP contribution in [0, 0.1) is 5.92 Å². The van der Waals surface area contributed by atoms with Crippen LogP contribution in [0.15, 0.2) is 42.5 Å². The molecule has 0 N–H and O–H groups in total. The van der Waals surface area contributed by atoms with Gasteiger partial charge >= 0.3 is 12.4 Å². The number of benzene rings is 2. The maximum Gasteiger partial charge on any atom is 0.418 e. The average Bonchev–Trinajstić information content (AvgIpc) is 3.53. The summed E-state index contributed by atoms with van der Waals surface area (Å²) < 4.78 is 78.2. The molecule has 2 aromatic rings. The van der Waals surface area contributed by atoms with Crippen LogP contribution in [0.3, 0.4) is 0 Å². The highest BCUT2D eigenvalue weighted by Gasteiger charge is 2.46. The molecule has 0 aromatic heterocycles. The van der Waals surface area contributed by atoms with Gasteiger partial charge in [0.25, 0.3) is 0 Å². The highest BCUT2D eigenvalue weighted by Crippen LogP contribution is 2.49. The van der Waals surface area contributed by atoms with Gasteiger partial charge in [-0.25, -0.2) is 0 Å². The van der Waals surface area contributed by atoms with E-state index in [1.165, 1.54) is 24.3 Å². The molecule has 2 aromatic carbocycles. The van der Waals surface area contributed by atoms with E-state index in [0.29, 0.717) is 12.0 Å². The molecule has 0 bridgehead atoms. The molecule has 2 fully saturated rings. The lowest BCUT2D eigenvalue weighted by Gasteiger charge is -2.37. The Morgan fingerprint density at radius 1 is 0.875 bits per heavy atom. The van der Waals surface area contributed by atoms with E-state index in [2.05, 4.69) is 0 Å². The van der Waals surface area contributed by atoms with Crippen molar-refractivity contribution in [3.8, 4) is 0 Å². The summed E-state index contributed by atoms with van der Waals surface area (Å²) >= 11 is 5.90. The van der Waals surface area contributed by atoms with Crippen molar-refractivity contribution in [3.05, 3.63) is 64.2 Å². The molecule has 1 heterocycles. The molecular formula is C22H19ClF6N2O. The molecule has 1 saturated carbocycles. The number of hydrogen-bond donors (Lipinski definition) is 0. The van der Waals surface area contributed by atoms with E-state index in [-0.39, 0.29) is 54.6 Å². The Hall–Kier alpha value is -2.42. The number of carbonyl (C=O) groups excluding carboxylic acids is 1. The number of piperazine rings is 1. The van der Waals surface area contributed by atoms with Gasteiger partial charge in [-0.05, 0) is 48.2 Å². The zero-order valence-corrected chi connectivity index (χ0v) is 17.4. The van der Waals surface area contributed by atoms with Gasteiger partial charge in [0.1, 0.15) is 0 Å². The van der Waals surface area contributed by atoms with E-state index in [1.54, 1.807) is 9.80 Å². The fourth-order valence-electron chi connectivity index (χ4n) is 4.16. The Kier molecular flexibility index (Phi) is 5.81. The predicted molar refractivity (Wildman–Crippen MR) is 108 cm³/mol. The number of hydrogen-bond acceptors (Lipinski definition) is 2. The zero-order chi connectivity index (χ0) is 23.3. The summed E-state index contributed by atoms with van der Waals surface area (Å²) in [6.45, 7) is 0.984. The van der Waals surface area contributed by atoms with Gasteiger partial charge in [-0.2, -0.15) is 26.3 Å². The normalized spacial score (nSPS) is 21.6. The van der Waals surface area contributed by atoms with E-state index in [1.807, 2.05) is 0 Å². The molecule has 3 nitrogen and oxygen atoms in total. The Balaban J connectivity index is 1.38. The molecule has 0 radical (unpaired) electrons. The Labute approximate surface area is 185 Å². The third-order valence-electron chi connectivity index (χ3n) is 5.97. The van der Waals surface area contributed by atoms with Gasteiger partial charge in [0.2, 0.25) is 5.91 Å². The van der Waals surface area contributed by atoms with E-state index >= 15 is 0 Å². The summed E-state index contributed by atoms with van der Waals surface area (Å²) in [6, 6.07) is 8.25. The summed E-state index contributed by atoms with van der Waals surface area (Å²) in [5, 5.41) is 0.198. The molecule has 172 valence electrons. The summed E-state index contributed by atoms with van der Waals surface area (Å²) in [4.78, 5) is 16.0. The van der Waals surface area contributed by atoms with Crippen LogP contribution in [0.1, 0.15) is 29.0 Å². The van der Waals surface area contributed by atoms with Crippen molar-refractivity contribution in [1.82, 2.24) is 4.90 Å². The lowest BCUT2D eigenvalue weighted by atomic mass is 10.1. The van der Waals surface area contributed by atoms with Crippen LogP contribution in [0.2, 0.25) is 5.02 Å².